The van der Waals surface area contributed by atoms with Crippen molar-refractivity contribution in [3.8, 4) is 0 Å². The molecule has 0 saturated heterocycles. The number of hydrogen-bond acceptors (Lipinski definition) is 1. The average Bonchev–Trinajstić information content (AvgIpc) is 2.28. The van der Waals surface area contributed by atoms with E-state index in [0.29, 0.717) is 11.5 Å². The van der Waals surface area contributed by atoms with Gasteiger partial charge in [0, 0.05) is 6.04 Å². The van der Waals surface area contributed by atoms with Crippen LogP contribution in [0.3, 0.4) is 0 Å². The van der Waals surface area contributed by atoms with E-state index in [2.05, 4.69) is 57.4 Å². The summed E-state index contributed by atoms with van der Waals surface area (Å²) < 4.78 is 0. The summed E-state index contributed by atoms with van der Waals surface area (Å²) in [6.07, 6.45) is 3.80. The first-order chi connectivity index (χ1) is 8.02. The molecule has 1 aromatic rings. The Morgan fingerprint density at radius 2 is 1.82 bits per heavy atom. The second-order valence-corrected chi connectivity index (χ2v) is 6.40. The van der Waals surface area contributed by atoms with E-state index in [1.165, 1.54) is 19.3 Å². The molecule has 2 rings (SSSR count). The van der Waals surface area contributed by atoms with Crippen LogP contribution in [0.1, 0.15) is 38.3 Å². The summed E-state index contributed by atoms with van der Waals surface area (Å²) in [5, 5.41) is 3.54. The average molecular weight is 231 g/mol. The number of hydrogen-bond donors (Lipinski definition) is 1. The zero-order valence-electron chi connectivity index (χ0n) is 11.6. The van der Waals surface area contributed by atoms with Gasteiger partial charge in [0.15, 0.2) is 0 Å². The van der Waals surface area contributed by atoms with Crippen LogP contribution in [0.25, 0.3) is 0 Å². The Labute approximate surface area is 106 Å². The first-order valence-electron chi connectivity index (χ1n) is 6.76. The lowest BCUT2D eigenvalue weighted by molar-refractivity contribution is 0.188. The van der Waals surface area contributed by atoms with Gasteiger partial charge in [-0.05, 0) is 48.8 Å². The molecule has 2 atom stereocenters. The maximum absolute atomic E-state index is 3.54. The lowest BCUT2D eigenvalue weighted by Gasteiger charge is -2.39. The van der Waals surface area contributed by atoms with Crippen molar-refractivity contribution in [3.05, 3.63) is 35.4 Å². The Hall–Kier alpha value is -0.820. The molecule has 1 aromatic carbocycles. The van der Waals surface area contributed by atoms with Crippen LogP contribution in [-0.2, 0) is 12.8 Å². The zero-order chi connectivity index (χ0) is 12.5. The summed E-state index contributed by atoms with van der Waals surface area (Å²) in [5.41, 5.74) is 3.46. The SMILES string of the molecule is CNC(C1CCc2ccccc2C1)C(C)(C)C. The molecule has 2 unspecified atom stereocenters. The van der Waals surface area contributed by atoms with Crippen LogP contribution in [-0.4, -0.2) is 13.1 Å². The third-order valence-corrected chi connectivity index (χ3v) is 4.10. The lowest BCUT2D eigenvalue weighted by atomic mass is 9.71. The minimum Gasteiger partial charge on any atom is -0.316 e. The third kappa shape index (κ3) is 2.71. The number of rotatable bonds is 2. The van der Waals surface area contributed by atoms with Gasteiger partial charge < -0.3 is 5.32 Å². The van der Waals surface area contributed by atoms with Crippen LogP contribution in [0.15, 0.2) is 24.3 Å². The van der Waals surface area contributed by atoms with Crippen LogP contribution in [0, 0.1) is 11.3 Å². The van der Waals surface area contributed by atoms with Crippen molar-refractivity contribution in [2.45, 2.75) is 46.1 Å². The number of benzene rings is 1. The van der Waals surface area contributed by atoms with Gasteiger partial charge in [-0.15, -0.1) is 0 Å². The first-order valence-corrected chi connectivity index (χ1v) is 6.76. The second-order valence-electron chi connectivity index (χ2n) is 6.40. The van der Waals surface area contributed by atoms with Crippen LogP contribution in [0.5, 0.6) is 0 Å². The van der Waals surface area contributed by atoms with Gasteiger partial charge in [0.05, 0.1) is 0 Å². The topological polar surface area (TPSA) is 12.0 Å². The predicted molar refractivity (Wildman–Crippen MR) is 74.3 cm³/mol. The van der Waals surface area contributed by atoms with Crippen molar-refractivity contribution in [1.29, 1.82) is 0 Å². The Bertz CT molecular complexity index is 375. The highest BCUT2D eigenvalue weighted by Crippen LogP contribution is 2.34. The number of nitrogens with one attached hydrogen (secondary N) is 1. The quantitative estimate of drug-likeness (QED) is 0.822. The van der Waals surface area contributed by atoms with Crippen LogP contribution in [0.4, 0.5) is 0 Å². The van der Waals surface area contributed by atoms with E-state index in [0.717, 1.165) is 5.92 Å². The molecular formula is C16H25N. The lowest BCUT2D eigenvalue weighted by Crippen LogP contribution is -2.46. The van der Waals surface area contributed by atoms with Gasteiger partial charge in [0.2, 0.25) is 0 Å². The van der Waals surface area contributed by atoms with Crippen LogP contribution >= 0.6 is 0 Å². The fraction of sp³-hybridized carbons (Fsp3) is 0.625. The molecule has 1 heteroatoms. The van der Waals surface area contributed by atoms with Crippen molar-refractivity contribution in [3.63, 3.8) is 0 Å². The normalized spacial score (nSPS) is 22.0. The molecule has 0 spiro atoms. The standard InChI is InChI=1S/C16H25N/c1-16(2,3)15(17-4)14-10-9-12-7-5-6-8-13(12)11-14/h5-8,14-15,17H,9-11H2,1-4H3. The number of fused-ring (bicyclic) bond motifs is 1. The molecule has 1 nitrogen and oxygen atoms in total. The summed E-state index contributed by atoms with van der Waals surface area (Å²) in [6, 6.07) is 9.54. The largest absolute Gasteiger partial charge is 0.316 e. The van der Waals surface area contributed by atoms with Crippen molar-refractivity contribution in [2.75, 3.05) is 7.05 Å². The van der Waals surface area contributed by atoms with Gasteiger partial charge >= 0.3 is 0 Å². The minimum atomic E-state index is 0.339. The van der Waals surface area contributed by atoms with Gasteiger partial charge in [-0.3, -0.25) is 0 Å². The molecule has 0 amide bonds. The molecule has 1 aliphatic rings. The van der Waals surface area contributed by atoms with Gasteiger partial charge in [0.1, 0.15) is 0 Å². The predicted octanol–water partition coefficient (Wildman–Crippen LogP) is 3.43. The molecule has 0 aliphatic heterocycles. The Kier molecular flexibility index (Phi) is 3.58. The van der Waals surface area contributed by atoms with Crippen molar-refractivity contribution < 1.29 is 0 Å². The molecule has 1 aliphatic carbocycles. The van der Waals surface area contributed by atoms with E-state index >= 15 is 0 Å². The van der Waals surface area contributed by atoms with E-state index < -0.39 is 0 Å². The van der Waals surface area contributed by atoms with E-state index in [1.807, 2.05) is 0 Å². The number of aryl methyl sites for hydroxylation is 1. The molecule has 94 valence electrons. The monoisotopic (exact) mass is 231 g/mol. The van der Waals surface area contributed by atoms with Crippen molar-refractivity contribution in [2.24, 2.45) is 11.3 Å². The minimum absolute atomic E-state index is 0.339. The summed E-state index contributed by atoms with van der Waals surface area (Å²) in [5.74, 6) is 0.773. The molecule has 0 saturated carbocycles. The van der Waals surface area contributed by atoms with Crippen LogP contribution in [0.2, 0.25) is 0 Å². The third-order valence-electron chi connectivity index (χ3n) is 4.10. The molecule has 0 radical (unpaired) electrons. The maximum Gasteiger partial charge on any atom is 0.0144 e. The fourth-order valence-electron chi connectivity index (χ4n) is 3.39. The fourth-order valence-corrected chi connectivity index (χ4v) is 3.39. The maximum atomic E-state index is 3.54. The highest BCUT2D eigenvalue weighted by atomic mass is 14.9. The summed E-state index contributed by atoms with van der Waals surface area (Å²) in [6.45, 7) is 7.03. The molecule has 0 heterocycles. The highest BCUT2D eigenvalue weighted by Gasteiger charge is 2.32. The Morgan fingerprint density at radius 1 is 1.18 bits per heavy atom. The highest BCUT2D eigenvalue weighted by molar-refractivity contribution is 5.30. The van der Waals surface area contributed by atoms with Crippen molar-refractivity contribution in [1.82, 2.24) is 5.32 Å². The summed E-state index contributed by atoms with van der Waals surface area (Å²) in [4.78, 5) is 0. The van der Waals surface area contributed by atoms with Gasteiger partial charge in [-0.1, -0.05) is 45.0 Å². The van der Waals surface area contributed by atoms with E-state index in [-0.39, 0.29) is 0 Å². The Balaban J connectivity index is 2.16. The first kappa shape index (κ1) is 12.6. The van der Waals surface area contributed by atoms with Gasteiger partial charge in [-0.2, -0.15) is 0 Å². The van der Waals surface area contributed by atoms with Crippen LogP contribution < -0.4 is 5.32 Å². The molecule has 0 bridgehead atoms. The Morgan fingerprint density at radius 3 is 2.41 bits per heavy atom. The smallest absolute Gasteiger partial charge is 0.0144 e. The van der Waals surface area contributed by atoms with E-state index in [1.54, 1.807) is 11.1 Å². The molecule has 0 fully saturated rings. The van der Waals surface area contributed by atoms with E-state index in [9.17, 15) is 0 Å². The summed E-state index contributed by atoms with van der Waals surface area (Å²) >= 11 is 0. The molecule has 17 heavy (non-hydrogen) atoms. The van der Waals surface area contributed by atoms with Gasteiger partial charge in [0.25, 0.3) is 0 Å². The molecule has 0 aromatic heterocycles. The zero-order valence-corrected chi connectivity index (χ0v) is 11.6. The molecular weight excluding hydrogens is 206 g/mol. The summed E-state index contributed by atoms with van der Waals surface area (Å²) in [7, 11) is 2.11. The molecule has 1 N–H and O–H groups in total. The van der Waals surface area contributed by atoms with Gasteiger partial charge in [-0.25, -0.2) is 0 Å². The van der Waals surface area contributed by atoms with Crippen molar-refractivity contribution >= 4 is 0 Å². The van der Waals surface area contributed by atoms with E-state index in [4.69, 9.17) is 0 Å². The second kappa shape index (κ2) is 4.81.